The molecule has 0 amide bonds. The van der Waals surface area contributed by atoms with Crippen molar-refractivity contribution in [2.75, 3.05) is 0 Å². The lowest BCUT2D eigenvalue weighted by molar-refractivity contribution is -0.131. The molecule has 34 heavy (non-hydrogen) atoms. The molecular weight excluding hydrogens is 430 g/mol. The van der Waals surface area contributed by atoms with Crippen molar-refractivity contribution in [3.05, 3.63) is 71.4 Å². The molecule has 5 rings (SSSR count). The van der Waals surface area contributed by atoms with Crippen LogP contribution in [0.2, 0.25) is 0 Å². The molecule has 9 heteroatoms. The predicted molar refractivity (Wildman–Crippen MR) is 127 cm³/mol. The second-order valence-electron chi connectivity index (χ2n) is 8.54. The first-order chi connectivity index (χ1) is 16.6. The number of tetrazole rings is 1. The van der Waals surface area contributed by atoms with Crippen LogP contribution in [0, 0.1) is 0 Å². The van der Waals surface area contributed by atoms with Gasteiger partial charge >= 0.3 is 5.97 Å². The van der Waals surface area contributed by atoms with E-state index in [1.54, 1.807) is 0 Å². The van der Waals surface area contributed by atoms with Gasteiger partial charge in [-0.25, -0.2) is 9.78 Å². The Kier molecular flexibility index (Phi) is 6.07. The summed E-state index contributed by atoms with van der Waals surface area (Å²) in [6, 6.07) is 12.3. The van der Waals surface area contributed by atoms with Gasteiger partial charge in [-0.05, 0) is 72.7 Å². The summed E-state index contributed by atoms with van der Waals surface area (Å²) in [7, 11) is 0. The van der Waals surface area contributed by atoms with Crippen LogP contribution in [-0.2, 0) is 24.2 Å². The second kappa shape index (κ2) is 9.46. The van der Waals surface area contributed by atoms with E-state index in [0.29, 0.717) is 12.4 Å². The molecule has 1 aliphatic rings. The number of aliphatic carboxylic acids is 1. The first-order valence-corrected chi connectivity index (χ1v) is 11.7. The van der Waals surface area contributed by atoms with Crippen molar-refractivity contribution in [1.82, 2.24) is 34.7 Å². The highest BCUT2D eigenvalue weighted by Crippen LogP contribution is 2.32. The Labute approximate surface area is 197 Å². The van der Waals surface area contributed by atoms with Gasteiger partial charge < -0.3 is 14.2 Å². The monoisotopic (exact) mass is 457 g/mol. The Morgan fingerprint density at radius 1 is 1.18 bits per heavy atom. The molecule has 0 unspecified atom stereocenters. The third-order valence-electron chi connectivity index (χ3n) is 6.18. The maximum Gasteiger partial charge on any atom is 0.328 e. The van der Waals surface area contributed by atoms with E-state index >= 15 is 0 Å². The van der Waals surface area contributed by atoms with E-state index in [1.165, 1.54) is 6.08 Å². The number of benzene rings is 1. The first kappa shape index (κ1) is 21.8. The Balaban J connectivity index is 1.49. The maximum absolute atomic E-state index is 11.5. The summed E-state index contributed by atoms with van der Waals surface area (Å²) in [6.07, 6.45) is 8.85. The number of aromatic amines is 1. The van der Waals surface area contributed by atoms with Crippen LogP contribution in [0.15, 0.2) is 48.7 Å². The lowest BCUT2D eigenvalue weighted by atomic mass is 10.1. The number of carboxylic acid groups (broad SMARTS) is 1. The molecule has 174 valence electrons. The van der Waals surface area contributed by atoms with Crippen LogP contribution < -0.4 is 0 Å². The maximum atomic E-state index is 11.5. The highest BCUT2D eigenvalue weighted by Gasteiger charge is 2.23. The van der Waals surface area contributed by atoms with Gasteiger partial charge in [0.25, 0.3) is 0 Å². The Morgan fingerprint density at radius 2 is 2.00 bits per heavy atom. The number of rotatable bonds is 7. The highest BCUT2D eigenvalue weighted by molar-refractivity contribution is 5.90. The molecule has 0 aliphatic heterocycles. The number of hydrogen-bond donors (Lipinski definition) is 2. The summed E-state index contributed by atoms with van der Waals surface area (Å²) >= 11 is 0. The van der Waals surface area contributed by atoms with Gasteiger partial charge in [-0.3, -0.25) is 0 Å². The molecule has 9 nitrogen and oxygen atoms in total. The Hall–Kier alpha value is -4.01. The summed E-state index contributed by atoms with van der Waals surface area (Å²) in [5.41, 5.74) is 5.89. The van der Waals surface area contributed by atoms with Gasteiger partial charge in [-0.2, -0.15) is 5.21 Å². The lowest BCUT2D eigenvalue weighted by Gasteiger charge is -2.15. The minimum absolute atomic E-state index is 0.539. The van der Waals surface area contributed by atoms with Gasteiger partial charge in [0.15, 0.2) is 0 Å². The molecule has 0 bridgehead atoms. The van der Waals surface area contributed by atoms with E-state index in [2.05, 4.69) is 56.4 Å². The fraction of sp³-hybridized carbons (Fsp3) is 0.320. The number of H-pyrrole nitrogens is 1. The average Bonchev–Trinajstić information content (AvgIpc) is 3.55. The minimum Gasteiger partial charge on any atom is -0.478 e. The van der Waals surface area contributed by atoms with E-state index in [-0.39, 0.29) is 0 Å². The standard InChI is InChI=1S/C25H27N7O2/c1-2-6-22-26-20-8-4-3-7-18(15-23(33)34)24(20)32(22)16-17-10-12-19(13-11-17)31-14-5-9-21(31)25-27-29-30-28-25/h5,9-15H,2-4,6-8,16H2,1H3,(H,33,34)(H,27,28,29,30)/b18-15+. The van der Waals surface area contributed by atoms with Crippen molar-refractivity contribution in [2.24, 2.45) is 0 Å². The zero-order chi connectivity index (χ0) is 23.5. The van der Waals surface area contributed by atoms with Gasteiger partial charge in [0.2, 0.25) is 5.82 Å². The zero-order valence-electron chi connectivity index (χ0n) is 19.1. The van der Waals surface area contributed by atoms with Crippen LogP contribution >= 0.6 is 0 Å². The highest BCUT2D eigenvalue weighted by atomic mass is 16.4. The van der Waals surface area contributed by atoms with Crippen molar-refractivity contribution in [2.45, 2.75) is 52.0 Å². The van der Waals surface area contributed by atoms with Crippen LogP contribution in [-0.4, -0.2) is 45.8 Å². The second-order valence-corrected chi connectivity index (χ2v) is 8.54. The molecule has 0 atom stereocenters. The summed E-state index contributed by atoms with van der Waals surface area (Å²) in [5.74, 6) is 0.665. The minimum atomic E-state index is -0.902. The average molecular weight is 458 g/mol. The van der Waals surface area contributed by atoms with Crippen molar-refractivity contribution in [1.29, 1.82) is 0 Å². The molecule has 0 fully saturated rings. The van der Waals surface area contributed by atoms with Crippen molar-refractivity contribution in [3.63, 3.8) is 0 Å². The van der Waals surface area contributed by atoms with Crippen LogP contribution in [0.3, 0.4) is 0 Å². The summed E-state index contributed by atoms with van der Waals surface area (Å²) in [4.78, 5) is 16.5. The van der Waals surface area contributed by atoms with E-state index in [9.17, 15) is 9.90 Å². The van der Waals surface area contributed by atoms with Crippen LogP contribution in [0.5, 0.6) is 0 Å². The van der Waals surface area contributed by atoms with E-state index in [4.69, 9.17) is 4.98 Å². The number of imidazole rings is 1. The topological polar surface area (TPSA) is 115 Å². The van der Waals surface area contributed by atoms with E-state index in [1.807, 2.05) is 22.9 Å². The largest absolute Gasteiger partial charge is 0.478 e. The molecular formula is C25H27N7O2. The predicted octanol–water partition coefficient (Wildman–Crippen LogP) is 4.05. The lowest BCUT2D eigenvalue weighted by Crippen LogP contribution is -2.10. The number of carboxylic acids is 1. The number of nitrogens with one attached hydrogen (secondary N) is 1. The fourth-order valence-electron chi connectivity index (χ4n) is 4.69. The number of allylic oxidation sites excluding steroid dienone is 1. The van der Waals surface area contributed by atoms with E-state index in [0.717, 1.165) is 78.3 Å². The smallest absolute Gasteiger partial charge is 0.328 e. The van der Waals surface area contributed by atoms with Crippen molar-refractivity contribution < 1.29 is 9.90 Å². The SMILES string of the molecule is CCCc1nc2c(n1Cc1ccc(-n3cccc3-c3nn[nH]n3)cc1)/C(=C/C(=O)O)CCCC2. The van der Waals surface area contributed by atoms with E-state index < -0.39 is 5.97 Å². The molecule has 0 spiro atoms. The quantitative estimate of drug-likeness (QED) is 0.320. The van der Waals surface area contributed by atoms with Crippen LogP contribution in [0.1, 0.15) is 55.4 Å². The Morgan fingerprint density at radius 3 is 2.74 bits per heavy atom. The zero-order valence-corrected chi connectivity index (χ0v) is 19.1. The van der Waals surface area contributed by atoms with Gasteiger partial charge in [0.1, 0.15) is 5.82 Å². The number of carbonyl (C=O) groups is 1. The molecule has 1 aromatic carbocycles. The molecule has 0 radical (unpaired) electrons. The molecule has 0 saturated carbocycles. The van der Waals surface area contributed by atoms with Crippen LogP contribution in [0.4, 0.5) is 0 Å². The molecule has 1 aliphatic carbocycles. The fourth-order valence-corrected chi connectivity index (χ4v) is 4.69. The number of nitrogens with zero attached hydrogens (tertiary/aromatic N) is 6. The molecule has 2 N–H and O–H groups in total. The van der Waals surface area contributed by atoms with Gasteiger partial charge in [0.05, 0.1) is 17.1 Å². The summed E-state index contributed by atoms with van der Waals surface area (Å²) in [6.45, 7) is 2.80. The third kappa shape index (κ3) is 4.28. The van der Waals surface area contributed by atoms with Crippen LogP contribution in [0.25, 0.3) is 22.8 Å². The molecule has 4 aromatic rings. The number of fused-ring (bicyclic) bond motifs is 1. The number of aromatic nitrogens is 7. The Bertz CT molecular complexity index is 1310. The number of hydrogen-bond acceptors (Lipinski definition) is 5. The molecule has 0 saturated heterocycles. The first-order valence-electron chi connectivity index (χ1n) is 11.7. The summed E-state index contributed by atoms with van der Waals surface area (Å²) < 4.78 is 4.25. The van der Waals surface area contributed by atoms with Gasteiger partial charge in [-0.15, -0.1) is 10.2 Å². The van der Waals surface area contributed by atoms with Crippen molar-refractivity contribution in [3.8, 4) is 17.2 Å². The summed E-state index contributed by atoms with van der Waals surface area (Å²) in [5, 5.41) is 23.8. The third-order valence-corrected chi connectivity index (χ3v) is 6.18. The van der Waals surface area contributed by atoms with Gasteiger partial charge in [0, 0.05) is 30.9 Å². The molecule has 3 aromatic heterocycles. The molecule has 3 heterocycles. The normalized spacial score (nSPS) is 14.8. The van der Waals surface area contributed by atoms with Gasteiger partial charge in [-0.1, -0.05) is 19.1 Å². The van der Waals surface area contributed by atoms with Crippen molar-refractivity contribution >= 4 is 11.5 Å². The number of aryl methyl sites for hydroxylation is 2.